The Bertz CT molecular complexity index is 976. The van der Waals surface area contributed by atoms with Crippen molar-refractivity contribution in [1.29, 1.82) is 0 Å². The molecule has 0 N–H and O–H groups in total. The highest BCUT2D eigenvalue weighted by Gasteiger charge is 2.49. The number of likely N-dealkylation sites (N-methyl/N-ethyl adjacent to an activating group) is 1. The third kappa shape index (κ3) is 3.87. The summed E-state index contributed by atoms with van der Waals surface area (Å²) in [5.74, 6) is -0.278. The molecule has 32 heavy (non-hydrogen) atoms. The average molecular weight is 453 g/mol. The second-order valence-corrected chi connectivity index (χ2v) is 8.49. The molecule has 1 aromatic carbocycles. The van der Waals surface area contributed by atoms with Crippen LogP contribution < -0.4 is 4.74 Å². The Hall–Kier alpha value is -2.55. The molecule has 1 fully saturated rings. The van der Waals surface area contributed by atoms with Crippen LogP contribution in [0.15, 0.2) is 30.3 Å². The fraction of sp³-hybridized carbons (Fsp3) is 0.522. The maximum absolute atomic E-state index is 14.8. The zero-order valence-corrected chi connectivity index (χ0v) is 18.2. The molecule has 0 unspecified atom stereocenters. The van der Waals surface area contributed by atoms with Crippen molar-refractivity contribution >= 4 is 5.91 Å². The van der Waals surface area contributed by atoms with Crippen molar-refractivity contribution in [3.8, 4) is 5.75 Å². The molecule has 1 saturated heterocycles. The first-order valence-corrected chi connectivity index (χ1v) is 10.9. The van der Waals surface area contributed by atoms with Crippen molar-refractivity contribution in [3.05, 3.63) is 53.1 Å². The van der Waals surface area contributed by atoms with E-state index in [4.69, 9.17) is 4.74 Å². The lowest BCUT2D eigenvalue weighted by atomic mass is 9.81. The Kier molecular flexibility index (Phi) is 5.96. The Morgan fingerprint density at radius 1 is 1.09 bits per heavy atom. The number of fused-ring (bicyclic) bond motifs is 2. The Balaban J connectivity index is 1.53. The number of likely N-dealkylation sites (tertiary alicyclic amines) is 1. The van der Waals surface area contributed by atoms with Crippen LogP contribution in [0.2, 0.25) is 0 Å². The lowest BCUT2D eigenvalue weighted by Gasteiger charge is -2.50. The van der Waals surface area contributed by atoms with Crippen LogP contribution in [-0.4, -0.2) is 53.6 Å². The van der Waals surface area contributed by atoms with Gasteiger partial charge >= 0.3 is 6.18 Å². The van der Waals surface area contributed by atoms with Crippen LogP contribution in [0.3, 0.4) is 0 Å². The van der Waals surface area contributed by atoms with Crippen molar-refractivity contribution in [2.75, 3.05) is 33.3 Å². The van der Waals surface area contributed by atoms with Gasteiger partial charge in [-0.3, -0.25) is 9.69 Å². The topological polar surface area (TPSA) is 37.7 Å². The van der Waals surface area contributed by atoms with Gasteiger partial charge in [0.25, 0.3) is 5.91 Å². The zero-order valence-electron chi connectivity index (χ0n) is 18.2. The van der Waals surface area contributed by atoms with E-state index in [0.717, 1.165) is 11.0 Å². The van der Waals surface area contributed by atoms with Gasteiger partial charge in [-0.25, -0.2) is 4.39 Å². The van der Waals surface area contributed by atoms with Crippen LogP contribution in [0.1, 0.15) is 47.9 Å². The summed E-state index contributed by atoms with van der Waals surface area (Å²) < 4.78 is 61.8. The van der Waals surface area contributed by atoms with Gasteiger partial charge in [0.2, 0.25) is 0 Å². The van der Waals surface area contributed by atoms with E-state index in [0.29, 0.717) is 56.5 Å². The van der Waals surface area contributed by atoms with Crippen LogP contribution >= 0.6 is 0 Å². The first-order valence-electron chi connectivity index (χ1n) is 10.9. The van der Waals surface area contributed by atoms with Gasteiger partial charge in [0.15, 0.2) is 0 Å². The van der Waals surface area contributed by atoms with E-state index in [-0.39, 0.29) is 18.1 Å². The second kappa shape index (κ2) is 8.42. The van der Waals surface area contributed by atoms with Crippen LogP contribution in [-0.2, 0) is 18.3 Å². The Morgan fingerprint density at radius 2 is 1.75 bits per heavy atom. The number of rotatable bonds is 4. The van der Waals surface area contributed by atoms with Crippen molar-refractivity contribution in [2.45, 2.75) is 44.4 Å². The molecule has 2 aliphatic rings. The van der Waals surface area contributed by atoms with Crippen molar-refractivity contribution in [2.24, 2.45) is 0 Å². The number of piperidine rings is 1. The first kappa shape index (κ1) is 22.6. The summed E-state index contributed by atoms with van der Waals surface area (Å²) in [4.78, 5) is 16.6. The minimum Gasteiger partial charge on any atom is -0.494 e. The number of nitrogens with zero attached hydrogens (tertiary/aromatic N) is 3. The van der Waals surface area contributed by atoms with Gasteiger partial charge in [0.1, 0.15) is 17.3 Å². The van der Waals surface area contributed by atoms with E-state index >= 15 is 0 Å². The molecule has 3 heterocycles. The number of benzene rings is 1. The molecule has 0 saturated carbocycles. The van der Waals surface area contributed by atoms with E-state index in [9.17, 15) is 22.4 Å². The minimum absolute atomic E-state index is 0.0848. The van der Waals surface area contributed by atoms with E-state index < -0.39 is 23.2 Å². The van der Waals surface area contributed by atoms with Crippen LogP contribution in [0.4, 0.5) is 17.6 Å². The third-order valence-electron chi connectivity index (χ3n) is 6.62. The maximum Gasteiger partial charge on any atom is 0.431 e. The van der Waals surface area contributed by atoms with Gasteiger partial charge in [-0.15, -0.1) is 0 Å². The number of carbonyl (C=O) groups excluding carboxylic acids is 1. The minimum atomic E-state index is -4.61. The number of aromatic nitrogens is 1. The van der Waals surface area contributed by atoms with Crippen LogP contribution in [0.25, 0.3) is 0 Å². The largest absolute Gasteiger partial charge is 0.494 e. The van der Waals surface area contributed by atoms with E-state index in [2.05, 4.69) is 0 Å². The summed E-state index contributed by atoms with van der Waals surface area (Å²) in [6.07, 6.45) is -2.99. The van der Waals surface area contributed by atoms with Gasteiger partial charge in [-0.2, -0.15) is 13.2 Å². The van der Waals surface area contributed by atoms with Crippen molar-refractivity contribution in [1.82, 2.24) is 14.4 Å². The normalized spacial score (nSPS) is 18.6. The maximum atomic E-state index is 14.8. The Morgan fingerprint density at radius 3 is 2.34 bits per heavy atom. The second-order valence-electron chi connectivity index (χ2n) is 8.49. The van der Waals surface area contributed by atoms with Gasteiger partial charge in [-0.1, -0.05) is 6.92 Å². The third-order valence-corrected chi connectivity index (χ3v) is 6.62. The van der Waals surface area contributed by atoms with E-state index in [1.54, 1.807) is 29.2 Å². The molecule has 5 nitrogen and oxygen atoms in total. The Labute approximate surface area is 184 Å². The summed E-state index contributed by atoms with van der Waals surface area (Å²) in [6, 6.07) is 7.54. The van der Waals surface area contributed by atoms with Gasteiger partial charge in [0.05, 0.1) is 17.8 Å². The lowest BCUT2D eigenvalue weighted by molar-refractivity contribution is -0.144. The number of hydrogen-bond acceptors (Lipinski definition) is 3. The highest BCUT2D eigenvalue weighted by molar-refractivity contribution is 5.94. The molecule has 174 valence electrons. The van der Waals surface area contributed by atoms with Crippen molar-refractivity contribution < 1.29 is 27.1 Å². The molecular formula is C23H27F4N3O2. The number of alkyl halides is 3. The zero-order chi connectivity index (χ0) is 23.1. The lowest BCUT2D eigenvalue weighted by Crippen LogP contribution is -2.57. The predicted molar refractivity (Wildman–Crippen MR) is 111 cm³/mol. The highest BCUT2D eigenvalue weighted by atomic mass is 19.4. The molecule has 9 heteroatoms. The highest BCUT2D eigenvalue weighted by Crippen LogP contribution is 2.45. The molecule has 1 aromatic heterocycles. The summed E-state index contributed by atoms with van der Waals surface area (Å²) >= 11 is 0. The summed E-state index contributed by atoms with van der Waals surface area (Å²) in [7, 11) is 1.82. The molecular weight excluding hydrogens is 426 g/mol. The summed E-state index contributed by atoms with van der Waals surface area (Å²) in [5, 5.41) is 0. The number of ether oxygens (including phenoxy) is 1. The number of hydrogen-bond donors (Lipinski definition) is 0. The average Bonchev–Trinajstić information content (AvgIpc) is 3.13. The summed E-state index contributed by atoms with van der Waals surface area (Å²) in [5.41, 5.74) is -1.19. The molecule has 0 radical (unpaired) electrons. The van der Waals surface area contributed by atoms with Gasteiger partial charge in [-0.05, 0) is 50.6 Å². The molecule has 1 spiro atoms. The fourth-order valence-electron chi connectivity index (χ4n) is 4.90. The predicted octanol–water partition coefficient (Wildman–Crippen LogP) is 4.51. The molecule has 2 aromatic rings. The van der Waals surface area contributed by atoms with Gasteiger partial charge < -0.3 is 14.2 Å². The molecule has 2 aliphatic heterocycles. The monoisotopic (exact) mass is 453 g/mol. The fourth-order valence-corrected chi connectivity index (χ4v) is 4.90. The standard InChI is InChI=1S/C23H27F4N3O2/c1-3-14-32-17-6-4-16(5-7-17)21(31)29-10-8-22(9-11-29)20-18(24)15-19(23(25,26)27)30(20)13-12-28(22)2/h4-7,15H,3,8-14H2,1-2H3. The molecule has 0 bridgehead atoms. The van der Waals surface area contributed by atoms with Gasteiger partial charge in [0, 0.05) is 37.8 Å². The van der Waals surface area contributed by atoms with Crippen LogP contribution in [0, 0.1) is 5.82 Å². The van der Waals surface area contributed by atoms with E-state index in [1.165, 1.54) is 0 Å². The number of amides is 1. The quantitative estimate of drug-likeness (QED) is 0.640. The van der Waals surface area contributed by atoms with E-state index in [1.807, 2.05) is 18.9 Å². The SMILES string of the molecule is CCCOc1ccc(C(=O)N2CCC3(CC2)c2c(F)cc(C(F)(F)F)n2CCN3C)cc1. The first-order chi connectivity index (χ1) is 15.2. The number of carbonyl (C=O) groups is 1. The summed E-state index contributed by atoms with van der Waals surface area (Å²) in [6.45, 7) is 3.76. The van der Waals surface area contributed by atoms with Crippen molar-refractivity contribution in [3.63, 3.8) is 0 Å². The number of halogens is 4. The van der Waals surface area contributed by atoms with Crippen LogP contribution in [0.5, 0.6) is 5.75 Å². The molecule has 4 rings (SSSR count). The molecule has 1 amide bonds. The molecule has 0 atom stereocenters. The smallest absolute Gasteiger partial charge is 0.431 e. The molecule has 0 aliphatic carbocycles.